The van der Waals surface area contributed by atoms with Gasteiger partial charge in [0.25, 0.3) is 0 Å². The fourth-order valence-electron chi connectivity index (χ4n) is 1.85. The predicted octanol–water partition coefficient (Wildman–Crippen LogP) is 4.05. The van der Waals surface area contributed by atoms with Gasteiger partial charge in [0.15, 0.2) is 17.9 Å². The molecule has 0 spiro atoms. The molecule has 2 aromatic carbocycles. The molecule has 0 unspecified atom stereocenters. The molecule has 0 bridgehead atoms. The van der Waals surface area contributed by atoms with Crippen molar-refractivity contribution in [2.24, 2.45) is 0 Å². The molecule has 120 valence electrons. The Labute approximate surface area is 142 Å². The van der Waals surface area contributed by atoms with E-state index in [-0.39, 0.29) is 12.0 Å². The zero-order chi connectivity index (χ0) is 17.1. The van der Waals surface area contributed by atoms with E-state index in [0.29, 0.717) is 3.57 Å². The fourth-order valence-corrected chi connectivity index (χ4v) is 2.30. The van der Waals surface area contributed by atoms with Crippen molar-refractivity contribution in [1.29, 1.82) is 0 Å². The van der Waals surface area contributed by atoms with Gasteiger partial charge in [0.05, 0.1) is 29.6 Å². The molecule has 8 heteroatoms. The van der Waals surface area contributed by atoms with Crippen LogP contribution in [0.4, 0.5) is 24.5 Å². The number of rotatable bonds is 4. The normalized spacial score (nSPS) is 10.3. The van der Waals surface area contributed by atoms with E-state index in [1.165, 1.54) is 18.2 Å². The van der Waals surface area contributed by atoms with E-state index < -0.39 is 40.2 Å². The van der Waals surface area contributed by atoms with E-state index in [4.69, 9.17) is 0 Å². The predicted molar refractivity (Wildman–Crippen MR) is 85.5 cm³/mol. The van der Waals surface area contributed by atoms with Gasteiger partial charge in [-0.15, -0.1) is 0 Å². The zero-order valence-electron chi connectivity index (χ0n) is 11.6. The molecular weight excluding hydrogens is 426 g/mol. The second kappa shape index (κ2) is 6.99. The number of anilines is 2. The van der Waals surface area contributed by atoms with Gasteiger partial charge in [0.1, 0.15) is 5.82 Å². The van der Waals surface area contributed by atoms with Crippen LogP contribution in [-0.2, 0) is 4.74 Å². The highest BCUT2D eigenvalue weighted by Crippen LogP contribution is 2.30. The molecule has 0 aliphatic carbocycles. The Kier molecular flexibility index (Phi) is 5.24. The van der Waals surface area contributed by atoms with Gasteiger partial charge in [-0.05, 0) is 46.9 Å². The van der Waals surface area contributed by atoms with Crippen molar-refractivity contribution in [3.05, 3.63) is 56.4 Å². The van der Waals surface area contributed by atoms with Gasteiger partial charge < -0.3 is 10.1 Å². The average molecular weight is 435 g/mol. The number of carbonyl (C=O) groups is 2. The lowest BCUT2D eigenvalue weighted by atomic mass is 10.1. The second-order valence-corrected chi connectivity index (χ2v) is 5.62. The Hall–Kier alpha value is -2.10. The number of benzene rings is 2. The van der Waals surface area contributed by atoms with Crippen molar-refractivity contribution in [1.82, 2.24) is 0 Å². The molecule has 0 saturated heterocycles. The number of halogens is 4. The summed E-state index contributed by atoms with van der Waals surface area (Å²) in [6.07, 6.45) is 0.0695. The molecule has 2 aromatic rings. The van der Waals surface area contributed by atoms with E-state index in [2.05, 4.69) is 10.1 Å². The molecular formula is C15H9F3INO3. The maximum atomic E-state index is 14.2. The van der Waals surface area contributed by atoms with E-state index in [1.807, 2.05) is 22.6 Å². The summed E-state index contributed by atoms with van der Waals surface area (Å²) in [4.78, 5) is 22.5. The van der Waals surface area contributed by atoms with Crippen LogP contribution in [0.5, 0.6) is 0 Å². The Morgan fingerprint density at radius 1 is 1.22 bits per heavy atom. The minimum atomic E-state index is -1.48. The summed E-state index contributed by atoms with van der Waals surface area (Å²) in [5.41, 5.74) is -1.84. The van der Waals surface area contributed by atoms with Crippen LogP contribution in [0.25, 0.3) is 0 Å². The summed E-state index contributed by atoms with van der Waals surface area (Å²) in [5.74, 6) is -4.64. The molecule has 0 aromatic heterocycles. The summed E-state index contributed by atoms with van der Waals surface area (Å²) < 4.78 is 46.9. The van der Waals surface area contributed by atoms with Crippen molar-refractivity contribution in [3.63, 3.8) is 0 Å². The Balaban J connectivity index is 2.62. The summed E-state index contributed by atoms with van der Waals surface area (Å²) in [6, 6.07) is 4.86. The first kappa shape index (κ1) is 17.3. The van der Waals surface area contributed by atoms with Gasteiger partial charge in [-0.2, -0.15) is 0 Å². The fraction of sp³-hybridized carbons (Fsp3) is 0.0667. The SMILES string of the molecule is COC(=O)c1cc(C=O)c(F)c(F)c1Nc1ccc(I)cc1F. The van der Waals surface area contributed by atoms with Crippen molar-refractivity contribution in [3.8, 4) is 0 Å². The quantitative estimate of drug-likeness (QED) is 0.448. The van der Waals surface area contributed by atoms with Crippen LogP contribution in [0.2, 0.25) is 0 Å². The summed E-state index contributed by atoms with van der Waals surface area (Å²) in [7, 11) is 1.04. The standard InChI is InChI=1S/C15H9F3INO3/c1-23-15(22)9-4-7(6-21)12(17)13(18)14(9)20-11-3-2-8(19)5-10(11)16/h2-6,20H,1H3. The molecule has 4 nitrogen and oxygen atoms in total. The van der Waals surface area contributed by atoms with Crippen LogP contribution in [0.1, 0.15) is 20.7 Å². The minimum Gasteiger partial charge on any atom is -0.465 e. The van der Waals surface area contributed by atoms with Crippen LogP contribution < -0.4 is 5.32 Å². The molecule has 0 aliphatic rings. The maximum Gasteiger partial charge on any atom is 0.340 e. The molecule has 0 radical (unpaired) electrons. The Morgan fingerprint density at radius 2 is 1.91 bits per heavy atom. The first-order chi connectivity index (χ1) is 10.9. The summed E-state index contributed by atoms with van der Waals surface area (Å²) >= 11 is 1.88. The van der Waals surface area contributed by atoms with Gasteiger partial charge in [-0.1, -0.05) is 0 Å². The topological polar surface area (TPSA) is 55.4 Å². The summed E-state index contributed by atoms with van der Waals surface area (Å²) in [6.45, 7) is 0. The van der Waals surface area contributed by atoms with Crippen LogP contribution in [0.15, 0.2) is 24.3 Å². The molecule has 0 saturated carbocycles. The number of carbonyl (C=O) groups excluding carboxylic acids is 2. The third kappa shape index (κ3) is 3.46. The smallest absolute Gasteiger partial charge is 0.340 e. The van der Waals surface area contributed by atoms with Gasteiger partial charge in [0.2, 0.25) is 0 Å². The lowest BCUT2D eigenvalue weighted by Gasteiger charge is -2.14. The lowest BCUT2D eigenvalue weighted by Crippen LogP contribution is -2.11. The van der Waals surface area contributed by atoms with Crippen LogP contribution >= 0.6 is 22.6 Å². The minimum absolute atomic E-state index is 0.0695. The number of hydrogen-bond donors (Lipinski definition) is 1. The Morgan fingerprint density at radius 3 is 2.48 bits per heavy atom. The first-order valence-electron chi connectivity index (χ1n) is 6.16. The van der Waals surface area contributed by atoms with E-state index in [9.17, 15) is 22.8 Å². The van der Waals surface area contributed by atoms with Crippen LogP contribution in [0.3, 0.4) is 0 Å². The van der Waals surface area contributed by atoms with Gasteiger partial charge in [-0.25, -0.2) is 18.0 Å². The van der Waals surface area contributed by atoms with E-state index >= 15 is 0 Å². The van der Waals surface area contributed by atoms with E-state index in [0.717, 1.165) is 13.2 Å². The molecule has 0 heterocycles. The van der Waals surface area contributed by atoms with Crippen molar-refractivity contribution in [2.75, 3.05) is 12.4 Å². The molecule has 0 atom stereocenters. The average Bonchev–Trinajstić information content (AvgIpc) is 2.53. The Bertz CT molecular complexity index is 796. The van der Waals surface area contributed by atoms with Crippen molar-refractivity contribution < 1.29 is 27.5 Å². The maximum absolute atomic E-state index is 14.2. The monoisotopic (exact) mass is 435 g/mol. The highest BCUT2D eigenvalue weighted by atomic mass is 127. The number of aldehydes is 1. The van der Waals surface area contributed by atoms with Crippen LogP contribution in [-0.4, -0.2) is 19.4 Å². The molecule has 0 amide bonds. The number of nitrogens with one attached hydrogen (secondary N) is 1. The first-order valence-corrected chi connectivity index (χ1v) is 7.24. The van der Waals surface area contributed by atoms with Crippen molar-refractivity contribution >= 4 is 46.2 Å². The lowest BCUT2D eigenvalue weighted by molar-refractivity contribution is 0.0601. The number of ether oxygens (including phenoxy) is 1. The number of methoxy groups -OCH3 is 1. The highest BCUT2D eigenvalue weighted by molar-refractivity contribution is 14.1. The van der Waals surface area contributed by atoms with Gasteiger partial charge in [0, 0.05) is 3.57 Å². The summed E-state index contributed by atoms with van der Waals surface area (Å²) in [5, 5.41) is 2.33. The second-order valence-electron chi connectivity index (χ2n) is 4.37. The third-order valence-electron chi connectivity index (χ3n) is 2.96. The molecule has 0 fully saturated rings. The molecule has 1 N–H and O–H groups in total. The molecule has 23 heavy (non-hydrogen) atoms. The largest absolute Gasteiger partial charge is 0.465 e. The highest BCUT2D eigenvalue weighted by Gasteiger charge is 2.23. The van der Waals surface area contributed by atoms with Crippen molar-refractivity contribution in [2.45, 2.75) is 0 Å². The van der Waals surface area contributed by atoms with Crippen LogP contribution in [0, 0.1) is 21.0 Å². The van der Waals surface area contributed by atoms with Gasteiger partial charge >= 0.3 is 5.97 Å². The zero-order valence-corrected chi connectivity index (χ0v) is 13.8. The number of esters is 1. The number of hydrogen-bond acceptors (Lipinski definition) is 4. The van der Waals surface area contributed by atoms with Gasteiger partial charge in [-0.3, -0.25) is 4.79 Å². The third-order valence-corrected chi connectivity index (χ3v) is 3.63. The van der Waals surface area contributed by atoms with E-state index in [1.54, 1.807) is 0 Å². The molecule has 2 rings (SSSR count). The molecule has 0 aliphatic heterocycles.